The molecule has 4 nitrogen and oxygen atoms in total. The average molecular weight is 265 g/mol. The van der Waals surface area contributed by atoms with Crippen LogP contribution < -0.4 is 5.32 Å². The van der Waals surface area contributed by atoms with Crippen molar-refractivity contribution in [2.75, 3.05) is 6.54 Å². The molecular formula is C14H20FN3O. The molecular weight excluding hydrogens is 245 g/mol. The second-order valence-corrected chi connectivity index (χ2v) is 5.25. The second-order valence-electron chi connectivity index (χ2n) is 5.25. The molecule has 2 rings (SSSR count). The molecule has 104 valence electrons. The van der Waals surface area contributed by atoms with Gasteiger partial charge in [0.15, 0.2) is 0 Å². The molecule has 19 heavy (non-hydrogen) atoms. The number of aliphatic hydroxyl groups excluding tert-OH is 1. The van der Waals surface area contributed by atoms with E-state index < -0.39 is 6.10 Å². The van der Waals surface area contributed by atoms with Crippen molar-refractivity contribution in [1.29, 1.82) is 0 Å². The fraction of sp³-hybridized carbons (Fsp3) is 0.500. The van der Waals surface area contributed by atoms with Crippen molar-refractivity contribution in [3.05, 3.63) is 29.7 Å². The van der Waals surface area contributed by atoms with E-state index in [-0.39, 0.29) is 5.82 Å². The van der Waals surface area contributed by atoms with Crippen molar-refractivity contribution in [3.63, 3.8) is 0 Å². The molecule has 0 unspecified atom stereocenters. The summed E-state index contributed by atoms with van der Waals surface area (Å²) < 4.78 is 13.5. The lowest BCUT2D eigenvalue weighted by atomic mass is 10.0. The molecule has 1 aromatic carbocycles. The Morgan fingerprint density at radius 1 is 1.37 bits per heavy atom. The lowest BCUT2D eigenvalue weighted by Gasteiger charge is -2.20. The third kappa shape index (κ3) is 2.93. The maximum Gasteiger partial charge on any atom is 0.148 e. The van der Waals surface area contributed by atoms with Gasteiger partial charge in [-0.1, -0.05) is 19.9 Å². The van der Waals surface area contributed by atoms with Crippen molar-refractivity contribution in [3.8, 4) is 0 Å². The monoisotopic (exact) mass is 265 g/mol. The quantitative estimate of drug-likeness (QED) is 0.778. The van der Waals surface area contributed by atoms with Gasteiger partial charge in [-0.25, -0.2) is 4.39 Å². The number of fused-ring (bicyclic) bond motifs is 1. The summed E-state index contributed by atoms with van der Waals surface area (Å²) in [6, 6.07) is 3.28. The van der Waals surface area contributed by atoms with Crippen LogP contribution in [0.1, 0.15) is 32.4 Å². The van der Waals surface area contributed by atoms with Crippen LogP contribution in [0.25, 0.3) is 10.9 Å². The molecule has 1 heterocycles. The molecule has 1 aromatic heterocycles. The van der Waals surface area contributed by atoms with Gasteiger partial charge >= 0.3 is 0 Å². The summed E-state index contributed by atoms with van der Waals surface area (Å²) in [6.07, 6.45) is 0.866. The summed E-state index contributed by atoms with van der Waals surface area (Å²) in [5.41, 5.74) is 1.03. The summed E-state index contributed by atoms with van der Waals surface area (Å²) in [4.78, 5) is 0. The maximum atomic E-state index is 13.5. The third-order valence-corrected chi connectivity index (χ3v) is 3.59. The van der Waals surface area contributed by atoms with E-state index in [1.165, 1.54) is 6.07 Å². The predicted molar refractivity (Wildman–Crippen MR) is 73.3 cm³/mol. The number of aliphatic hydroxyl groups is 1. The fourth-order valence-corrected chi connectivity index (χ4v) is 1.96. The summed E-state index contributed by atoms with van der Waals surface area (Å²) >= 11 is 0. The van der Waals surface area contributed by atoms with Gasteiger partial charge < -0.3 is 10.4 Å². The molecule has 0 bridgehead atoms. The van der Waals surface area contributed by atoms with Crippen LogP contribution >= 0.6 is 0 Å². The highest BCUT2D eigenvalue weighted by Gasteiger charge is 2.16. The van der Waals surface area contributed by atoms with Crippen molar-refractivity contribution in [1.82, 2.24) is 15.5 Å². The first-order valence-electron chi connectivity index (χ1n) is 6.53. The number of nitrogens with one attached hydrogen (secondary N) is 2. The number of halogens is 1. The van der Waals surface area contributed by atoms with E-state index in [2.05, 4.69) is 36.3 Å². The van der Waals surface area contributed by atoms with Crippen LogP contribution in [0.3, 0.4) is 0 Å². The molecule has 0 spiro atoms. The molecule has 0 aliphatic rings. The Balaban J connectivity index is 2.15. The zero-order valence-corrected chi connectivity index (χ0v) is 11.4. The number of H-pyrrole nitrogens is 1. The molecule has 5 heteroatoms. The first kappa shape index (κ1) is 14.0. The Labute approximate surface area is 112 Å². The third-order valence-electron chi connectivity index (χ3n) is 3.59. The normalized spacial score (nSPS) is 15.1. The van der Waals surface area contributed by atoms with Gasteiger partial charge in [-0.05, 0) is 24.5 Å². The van der Waals surface area contributed by atoms with Crippen LogP contribution in [-0.2, 0) is 0 Å². The van der Waals surface area contributed by atoms with E-state index in [4.69, 9.17) is 0 Å². The van der Waals surface area contributed by atoms with Crippen molar-refractivity contribution >= 4 is 10.9 Å². The lowest BCUT2D eigenvalue weighted by Crippen LogP contribution is -2.34. The Hall–Kier alpha value is -1.46. The first-order chi connectivity index (χ1) is 9.00. The van der Waals surface area contributed by atoms with E-state index in [9.17, 15) is 9.50 Å². The average Bonchev–Trinajstić information content (AvgIpc) is 2.85. The number of aromatic nitrogens is 2. The maximum absolute atomic E-state index is 13.5. The van der Waals surface area contributed by atoms with E-state index in [0.29, 0.717) is 35.0 Å². The van der Waals surface area contributed by atoms with E-state index in [1.54, 1.807) is 12.3 Å². The minimum absolute atomic E-state index is 0.315. The van der Waals surface area contributed by atoms with E-state index in [1.807, 2.05) is 0 Å². The van der Waals surface area contributed by atoms with Crippen molar-refractivity contribution < 1.29 is 9.50 Å². The molecule has 0 saturated heterocycles. The standard InChI is InChI=1S/C14H20FN3O/c1-8(2)9(3)16-7-13(19)10-4-5-12(15)14-11(10)6-17-18-14/h4-6,8-9,13,16,19H,7H2,1-3H3,(H,17,18)/t9-,13-/m0/s1. The van der Waals surface area contributed by atoms with E-state index in [0.717, 1.165) is 0 Å². The Bertz CT molecular complexity index is 553. The van der Waals surface area contributed by atoms with Gasteiger partial charge in [0.25, 0.3) is 0 Å². The van der Waals surface area contributed by atoms with Gasteiger partial charge in [0, 0.05) is 18.0 Å². The van der Waals surface area contributed by atoms with Gasteiger partial charge in [0.05, 0.1) is 12.3 Å². The van der Waals surface area contributed by atoms with Crippen LogP contribution in [0.2, 0.25) is 0 Å². The number of nitrogens with zero attached hydrogens (tertiary/aromatic N) is 1. The highest BCUT2D eigenvalue weighted by atomic mass is 19.1. The zero-order chi connectivity index (χ0) is 14.0. The van der Waals surface area contributed by atoms with Crippen molar-refractivity contribution in [2.45, 2.75) is 32.9 Å². The van der Waals surface area contributed by atoms with Gasteiger partial charge in [0.2, 0.25) is 0 Å². The second kappa shape index (κ2) is 5.67. The van der Waals surface area contributed by atoms with Gasteiger partial charge in [-0.2, -0.15) is 5.10 Å². The minimum atomic E-state index is -0.679. The highest BCUT2D eigenvalue weighted by molar-refractivity contribution is 5.82. The Morgan fingerprint density at radius 2 is 2.11 bits per heavy atom. The van der Waals surface area contributed by atoms with Gasteiger partial charge in [0.1, 0.15) is 11.3 Å². The molecule has 0 saturated carbocycles. The fourth-order valence-electron chi connectivity index (χ4n) is 1.96. The van der Waals surface area contributed by atoms with Crippen LogP contribution in [0.15, 0.2) is 18.3 Å². The lowest BCUT2D eigenvalue weighted by molar-refractivity contribution is 0.168. The van der Waals surface area contributed by atoms with Crippen LogP contribution in [0.5, 0.6) is 0 Å². The molecule has 2 atom stereocenters. The highest BCUT2D eigenvalue weighted by Crippen LogP contribution is 2.24. The topological polar surface area (TPSA) is 60.9 Å². The van der Waals surface area contributed by atoms with Crippen LogP contribution in [0.4, 0.5) is 4.39 Å². The molecule has 0 fully saturated rings. The summed E-state index contributed by atoms with van der Waals surface area (Å²) in [7, 11) is 0. The predicted octanol–water partition coefficient (Wildman–Crippen LogP) is 2.37. The first-order valence-corrected chi connectivity index (χ1v) is 6.53. The minimum Gasteiger partial charge on any atom is -0.387 e. The molecule has 0 amide bonds. The molecule has 0 radical (unpaired) electrons. The number of benzene rings is 1. The van der Waals surface area contributed by atoms with Gasteiger partial charge in [-0.3, -0.25) is 5.10 Å². The van der Waals surface area contributed by atoms with E-state index >= 15 is 0 Å². The number of hydrogen-bond donors (Lipinski definition) is 3. The molecule has 0 aliphatic carbocycles. The Kier molecular flexibility index (Phi) is 4.17. The number of rotatable bonds is 5. The molecule has 0 aliphatic heterocycles. The number of hydrogen-bond acceptors (Lipinski definition) is 3. The summed E-state index contributed by atoms with van der Waals surface area (Å²) in [5, 5.41) is 20.6. The van der Waals surface area contributed by atoms with Crippen LogP contribution in [0, 0.1) is 11.7 Å². The van der Waals surface area contributed by atoms with Crippen molar-refractivity contribution in [2.24, 2.45) is 5.92 Å². The smallest absolute Gasteiger partial charge is 0.148 e. The summed E-state index contributed by atoms with van der Waals surface area (Å²) in [5.74, 6) is 0.140. The number of aromatic amines is 1. The zero-order valence-electron chi connectivity index (χ0n) is 11.4. The largest absolute Gasteiger partial charge is 0.387 e. The summed E-state index contributed by atoms with van der Waals surface area (Å²) in [6.45, 7) is 6.76. The molecule has 2 aromatic rings. The van der Waals surface area contributed by atoms with Gasteiger partial charge in [-0.15, -0.1) is 0 Å². The molecule has 3 N–H and O–H groups in total. The Morgan fingerprint density at radius 3 is 2.79 bits per heavy atom. The SMILES string of the molecule is CC(C)[C@H](C)NC[C@H](O)c1ccc(F)c2[nH]ncc12. The van der Waals surface area contributed by atoms with Crippen LogP contribution in [-0.4, -0.2) is 27.9 Å².